The predicted octanol–water partition coefficient (Wildman–Crippen LogP) is 0.591. The third-order valence-corrected chi connectivity index (χ3v) is 5.06. The maximum atomic E-state index is 12.5. The first-order valence-corrected chi connectivity index (χ1v) is 8.95. The van der Waals surface area contributed by atoms with E-state index in [-0.39, 0.29) is 5.91 Å². The summed E-state index contributed by atoms with van der Waals surface area (Å²) in [6.45, 7) is 3.47. The van der Waals surface area contributed by atoms with Crippen LogP contribution in [0.2, 0.25) is 5.02 Å². The molecular weight excluding hydrogens is 316 g/mol. The summed E-state index contributed by atoms with van der Waals surface area (Å²) in [5.74, 6) is -0.0786. The Balaban J connectivity index is 2.03. The molecule has 0 N–H and O–H groups in total. The molecule has 7 nitrogen and oxygen atoms in total. The smallest absolute Gasteiger partial charge is 0.247 e. The molecule has 2 heterocycles. The van der Waals surface area contributed by atoms with E-state index in [0.717, 1.165) is 0 Å². The summed E-state index contributed by atoms with van der Waals surface area (Å²) < 4.78 is 26.1. The van der Waals surface area contributed by atoms with E-state index in [1.807, 2.05) is 0 Å². The van der Waals surface area contributed by atoms with Crippen LogP contribution in [0.4, 0.5) is 0 Å². The summed E-state index contributed by atoms with van der Waals surface area (Å²) >= 11 is 5.81. The van der Waals surface area contributed by atoms with Gasteiger partial charge in [0, 0.05) is 32.4 Å². The van der Waals surface area contributed by atoms with Crippen molar-refractivity contribution in [1.82, 2.24) is 19.0 Å². The molecule has 2 rings (SSSR count). The standard InChI is InChI=1S/C12H19ClN4O3S/c1-10(17-9-11(13)8-14-17)12(18)15-4-3-5-16(7-6-15)21(2,19)20/h8-10H,3-7H2,1-2H3/t10-/m0/s1. The van der Waals surface area contributed by atoms with Crippen molar-refractivity contribution in [3.05, 3.63) is 17.4 Å². The highest BCUT2D eigenvalue weighted by Gasteiger charge is 2.27. The largest absolute Gasteiger partial charge is 0.339 e. The Morgan fingerprint density at radius 1 is 1.33 bits per heavy atom. The third-order valence-electron chi connectivity index (χ3n) is 3.56. The molecule has 1 saturated heterocycles. The van der Waals surface area contributed by atoms with E-state index in [1.165, 1.54) is 21.4 Å². The summed E-state index contributed by atoms with van der Waals surface area (Å²) in [6, 6.07) is -0.456. The van der Waals surface area contributed by atoms with Crippen LogP contribution in [0, 0.1) is 0 Å². The van der Waals surface area contributed by atoms with Crippen molar-refractivity contribution in [2.75, 3.05) is 32.4 Å². The molecule has 1 fully saturated rings. The summed E-state index contributed by atoms with van der Waals surface area (Å²) in [5.41, 5.74) is 0. The molecule has 1 aromatic rings. The lowest BCUT2D eigenvalue weighted by Crippen LogP contribution is -2.39. The SMILES string of the molecule is C[C@@H](C(=O)N1CCCN(S(C)(=O)=O)CC1)n1cc(Cl)cn1. The van der Waals surface area contributed by atoms with Crippen LogP contribution < -0.4 is 0 Å². The van der Waals surface area contributed by atoms with Crippen LogP contribution >= 0.6 is 11.6 Å². The maximum absolute atomic E-state index is 12.5. The van der Waals surface area contributed by atoms with Gasteiger partial charge in [-0.05, 0) is 13.3 Å². The van der Waals surface area contributed by atoms with Crippen molar-refractivity contribution in [2.45, 2.75) is 19.4 Å². The topological polar surface area (TPSA) is 75.5 Å². The Morgan fingerprint density at radius 3 is 2.62 bits per heavy atom. The minimum Gasteiger partial charge on any atom is -0.339 e. The van der Waals surface area contributed by atoms with Gasteiger partial charge in [-0.25, -0.2) is 12.7 Å². The second kappa shape index (κ2) is 6.33. The van der Waals surface area contributed by atoms with Crippen molar-refractivity contribution < 1.29 is 13.2 Å². The van der Waals surface area contributed by atoms with Gasteiger partial charge in [-0.1, -0.05) is 11.6 Å². The first-order valence-electron chi connectivity index (χ1n) is 6.72. The van der Waals surface area contributed by atoms with Gasteiger partial charge in [0.25, 0.3) is 0 Å². The number of halogens is 1. The Kier molecular flexibility index (Phi) is 4.90. The number of nitrogens with zero attached hydrogens (tertiary/aromatic N) is 4. The van der Waals surface area contributed by atoms with Crippen molar-refractivity contribution in [2.24, 2.45) is 0 Å². The molecule has 0 saturated carbocycles. The van der Waals surface area contributed by atoms with Gasteiger partial charge in [-0.15, -0.1) is 0 Å². The van der Waals surface area contributed by atoms with Crippen molar-refractivity contribution in [3.63, 3.8) is 0 Å². The van der Waals surface area contributed by atoms with Crippen molar-refractivity contribution in [1.29, 1.82) is 0 Å². The highest BCUT2D eigenvalue weighted by Crippen LogP contribution is 2.15. The van der Waals surface area contributed by atoms with Crippen LogP contribution in [0.1, 0.15) is 19.4 Å². The van der Waals surface area contributed by atoms with E-state index in [0.29, 0.717) is 37.6 Å². The minimum atomic E-state index is -3.21. The molecule has 1 amide bonds. The first-order chi connectivity index (χ1) is 9.79. The number of hydrogen-bond donors (Lipinski definition) is 0. The number of sulfonamides is 1. The lowest BCUT2D eigenvalue weighted by Gasteiger charge is -2.24. The fraction of sp³-hybridized carbons (Fsp3) is 0.667. The van der Waals surface area contributed by atoms with Gasteiger partial charge in [-0.2, -0.15) is 5.10 Å². The Morgan fingerprint density at radius 2 is 2.05 bits per heavy atom. The molecule has 9 heteroatoms. The lowest BCUT2D eigenvalue weighted by molar-refractivity contribution is -0.134. The fourth-order valence-electron chi connectivity index (χ4n) is 2.35. The van der Waals surface area contributed by atoms with Gasteiger partial charge in [-0.3, -0.25) is 9.48 Å². The fourth-order valence-corrected chi connectivity index (χ4v) is 3.37. The monoisotopic (exact) mass is 334 g/mol. The number of carbonyl (C=O) groups excluding carboxylic acids is 1. The number of aromatic nitrogens is 2. The zero-order valence-electron chi connectivity index (χ0n) is 12.1. The third kappa shape index (κ3) is 3.96. The number of amides is 1. The molecule has 0 aliphatic carbocycles. The average molecular weight is 335 g/mol. The number of carbonyl (C=O) groups is 1. The lowest BCUT2D eigenvalue weighted by atomic mass is 10.2. The van der Waals surface area contributed by atoms with Crippen LogP contribution in [-0.4, -0.2) is 65.7 Å². The molecule has 1 aromatic heterocycles. The van der Waals surface area contributed by atoms with Crippen LogP contribution in [0.15, 0.2) is 12.4 Å². The molecule has 0 unspecified atom stereocenters. The van der Waals surface area contributed by atoms with Crippen molar-refractivity contribution >= 4 is 27.5 Å². The quantitative estimate of drug-likeness (QED) is 0.811. The zero-order chi connectivity index (χ0) is 15.6. The number of rotatable bonds is 3. The van der Waals surface area contributed by atoms with E-state index in [2.05, 4.69) is 5.10 Å². The van der Waals surface area contributed by atoms with Gasteiger partial charge in [0.2, 0.25) is 15.9 Å². The van der Waals surface area contributed by atoms with Crippen LogP contribution in [0.5, 0.6) is 0 Å². The second-order valence-corrected chi connectivity index (χ2v) is 7.57. The molecule has 1 aliphatic heterocycles. The number of hydrogen-bond acceptors (Lipinski definition) is 4. The van der Waals surface area contributed by atoms with Crippen LogP contribution in [0.25, 0.3) is 0 Å². The van der Waals surface area contributed by atoms with Crippen LogP contribution in [-0.2, 0) is 14.8 Å². The summed E-state index contributed by atoms with van der Waals surface area (Å²) in [5, 5.41) is 4.52. The van der Waals surface area contributed by atoms with Gasteiger partial charge in [0.1, 0.15) is 6.04 Å². The van der Waals surface area contributed by atoms with E-state index in [4.69, 9.17) is 11.6 Å². The molecule has 118 valence electrons. The molecule has 0 spiro atoms. The molecule has 0 bridgehead atoms. The first kappa shape index (κ1) is 16.3. The summed E-state index contributed by atoms with van der Waals surface area (Å²) in [7, 11) is -3.21. The molecule has 1 aliphatic rings. The molecule has 21 heavy (non-hydrogen) atoms. The molecule has 1 atom stereocenters. The van der Waals surface area contributed by atoms with E-state index >= 15 is 0 Å². The second-order valence-electron chi connectivity index (χ2n) is 5.16. The maximum Gasteiger partial charge on any atom is 0.247 e. The Bertz CT molecular complexity index is 616. The Hall–Kier alpha value is -1.12. The van der Waals surface area contributed by atoms with Gasteiger partial charge >= 0.3 is 0 Å². The summed E-state index contributed by atoms with van der Waals surface area (Å²) in [4.78, 5) is 14.2. The Labute approximate surface area is 129 Å². The predicted molar refractivity (Wildman–Crippen MR) is 79.6 cm³/mol. The normalized spacial score (nSPS) is 19.3. The van der Waals surface area contributed by atoms with Crippen LogP contribution in [0.3, 0.4) is 0 Å². The zero-order valence-corrected chi connectivity index (χ0v) is 13.6. The van der Waals surface area contributed by atoms with Crippen molar-refractivity contribution in [3.8, 4) is 0 Å². The van der Waals surface area contributed by atoms with Gasteiger partial charge in [0.05, 0.1) is 17.5 Å². The van der Waals surface area contributed by atoms with Gasteiger partial charge in [0.15, 0.2) is 0 Å². The highest BCUT2D eigenvalue weighted by atomic mass is 35.5. The summed E-state index contributed by atoms with van der Waals surface area (Å²) in [6.07, 6.45) is 4.91. The average Bonchev–Trinajstić information content (AvgIpc) is 2.69. The highest BCUT2D eigenvalue weighted by molar-refractivity contribution is 7.88. The minimum absolute atomic E-state index is 0.0786. The van der Waals surface area contributed by atoms with E-state index < -0.39 is 16.1 Å². The molecular formula is C12H19ClN4O3S. The van der Waals surface area contributed by atoms with E-state index in [9.17, 15) is 13.2 Å². The van der Waals surface area contributed by atoms with E-state index in [1.54, 1.807) is 18.0 Å². The van der Waals surface area contributed by atoms with Gasteiger partial charge < -0.3 is 4.90 Å². The molecule has 0 aromatic carbocycles. The molecule has 0 radical (unpaired) electrons.